The fourth-order valence-corrected chi connectivity index (χ4v) is 2.49. The van der Waals surface area contributed by atoms with Crippen LogP contribution in [-0.2, 0) is 4.79 Å². The zero-order valence-electron chi connectivity index (χ0n) is 11.6. The smallest absolute Gasteiger partial charge is 0.237 e. The van der Waals surface area contributed by atoms with Crippen molar-refractivity contribution in [1.29, 1.82) is 0 Å². The quantitative estimate of drug-likeness (QED) is 0.576. The Morgan fingerprint density at radius 3 is 2.83 bits per heavy atom. The number of nitrogens with one attached hydrogen (secondary N) is 2. The van der Waals surface area contributed by atoms with Crippen molar-refractivity contribution in [3.8, 4) is 0 Å². The largest absolute Gasteiger partial charge is 0.396 e. The van der Waals surface area contributed by atoms with Gasteiger partial charge in [-0.1, -0.05) is 26.2 Å². The zero-order valence-corrected chi connectivity index (χ0v) is 11.6. The lowest BCUT2D eigenvalue weighted by molar-refractivity contribution is -0.124. The molecule has 4 heteroatoms. The molecule has 2 unspecified atom stereocenters. The van der Waals surface area contributed by atoms with Crippen molar-refractivity contribution in [1.82, 2.24) is 10.6 Å². The Morgan fingerprint density at radius 1 is 1.33 bits per heavy atom. The molecule has 0 spiro atoms. The summed E-state index contributed by atoms with van der Waals surface area (Å²) in [7, 11) is 0. The molecule has 0 bridgehead atoms. The second-order valence-corrected chi connectivity index (χ2v) is 5.23. The molecule has 1 amide bonds. The summed E-state index contributed by atoms with van der Waals surface area (Å²) in [4.78, 5) is 11.9. The average Bonchev–Trinajstić information content (AvgIpc) is 2.42. The Balaban J connectivity index is 2.08. The number of piperidine rings is 1. The summed E-state index contributed by atoms with van der Waals surface area (Å²) < 4.78 is 0. The molecule has 2 atom stereocenters. The fraction of sp³-hybridized carbons (Fsp3) is 0.929. The normalized spacial score (nSPS) is 23.9. The summed E-state index contributed by atoms with van der Waals surface area (Å²) >= 11 is 0. The van der Waals surface area contributed by atoms with Gasteiger partial charge in [-0.3, -0.25) is 4.79 Å². The number of hydrogen-bond acceptors (Lipinski definition) is 3. The maximum absolute atomic E-state index is 11.9. The monoisotopic (exact) mass is 256 g/mol. The molecule has 0 aromatic rings. The molecular formula is C14H28N2O2. The van der Waals surface area contributed by atoms with E-state index in [2.05, 4.69) is 17.6 Å². The van der Waals surface area contributed by atoms with Crippen molar-refractivity contribution in [3.05, 3.63) is 0 Å². The maximum Gasteiger partial charge on any atom is 0.237 e. The van der Waals surface area contributed by atoms with Crippen LogP contribution in [0.15, 0.2) is 0 Å². The highest BCUT2D eigenvalue weighted by Gasteiger charge is 2.25. The van der Waals surface area contributed by atoms with Gasteiger partial charge in [0.25, 0.3) is 0 Å². The summed E-state index contributed by atoms with van der Waals surface area (Å²) in [5.74, 6) is 0.863. The third-order valence-electron chi connectivity index (χ3n) is 3.79. The van der Waals surface area contributed by atoms with E-state index >= 15 is 0 Å². The first-order valence-corrected chi connectivity index (χ1v) is 7.39. The van der Waals surface area contributed by atoms with Crippen LogP contribution in [0.25, 0.3) is 0 Å². The molecule has 1 saturated heterocycles. The molecule has 4 nitrogen and oxygen atoms in total. The van der Waals surface area contributed by atoms with E-state index in [4.69, 9.17) is 5.11 Å². The van der Waals surface area contributed by atoms with Crippen LogP contribution in [0.4, 0.5) is 0 Å². The van der Waals surface area contributed by atoms with Crippen molar-refractivity contribution in [2.45, 2.75) is 57.9 Å². The van der Waals surface area contributed by atoms with Crippen molar-refractivity contribution in [2.75, 3.05) is 19.7 Å². The van der Waals surface area contributed by atoms with Crippen molar-refractivity contribution in [3.63, 3.8) is 0 Å². The highest BCUT2D eigenvalue weighted by molar-refractivity contribution is 5.81. The molecule has 0 aromatic heterocycles. The van der Waals surface area contributed by atoms with Gasteiger partial charge in [-0.2, -0.15) is 0 Å². The van der Waals surface area contributed by atoms with Gasteiger partial charge < -0.3 is 15.7 Å². The Kier molecular flexibility index (Phi) is 8.01. The summed E-state index contributed by atoms with van der Waals surface area (Å²) in [5, 5.41) is 15.0. The Labute approximate surface area is 111 Å². The Hall–Kier alpha value is -0.610. The Bertz CT molecular complexity index is 234. The molecular weight excluding hydrogens is 228 g/mol. The van der Waals surface area contributed by atoms with E-state index in [-0.39, 0.29) is 18.6 Å². The topological polar surface area (TPSA) is 61.4 Å². The number of hydrogen-bond donors (Lipinski definition) is 3. The van der Waals surface area contributed by atoms with Crippen LogP contribution in [-0.4, -0.2) is 36.8 Å². The molecule has 106 valence electrons. The number of amides is 1. The minimum atomic E-state index is 0.0149. The number of carbonyl (C=O) groups is 1. The van der Waals surface area contributed by atoms with E-state index in [0.717, 1.165) is 45.2 Å². The van der Waals surface area contributed by atoms with Gasteiger partial charge in [-0.05, 0) is 38.1 Å². The highest BCUT2D eigenvalue weighted by Crippen LogP contribution is 2.19. The molecule has 0 aliphatic carbocycles. The van der Waals surface area contributed by atoms with E-state index < -0.39 is 0 Å². The van der Waals surface area contributed by atoms with Crippen molar-refractivity contribution < 1.29 is 9.90 Å². The van der Waals surface area contributed by atoms with Gasteiger partial charge in [0.1, 0.15) is 0 Å². The van der Waals surface area contributed by atoms with Crippen molar-refractivity contribution >= 4 is 5.91 Å². The third kappa shape index (κ3) is 5.83. The molecule has 0 aromatic carbocycles. The molecule has 18 heavy (non-hydrogen) atoms. The van der Waals surface area contributed by atoms with E-state index in [1.807, 2.05) is 0 Å². The van der Waals surface area contributed by atoms with Crippen molar-refractivity contribution in [2.24, 2.45) is 5.92 Å². The van der Waals surface area contributed by atoms with Crippen LogP contribution < -0.4 is 10.6 Å². The van der Waals surface area contributed by atoms with Gasteiger partial charge in [0.15, 0.2) is 0 Å². The molecule has 1 rings (SSSR count). The first-order valence-electron chi connectivity index (χ1n) is 7.39. The predicted octanol–water partition coefficient (Wildman–Crippen LogP) is 1.43. The molecule has 1 fully saturated rings. The van der Waals surface area contributed by atoms with Gasteiger partial charge in [0.2, 0.25) is 5.91 Å². The molecule has 0 radical (unpaired) electrons. The second kappa shape index (κ2) is 9.34. The fourth-order valence-electron chi connectivity index (χ4n) is 2.49. The van der Waals surface area contributed by atoms with Crippen LogP contribution in [0, 0.1) is 5.92 Å². The van der Waals surface area contributed by atoms with Crippen LogP contribution in [0.2, 0.25) is 0 Å². The van der Waals surface area contributed by atoms with E-state index in [1.54, 1.807) is 0 Å². The summed E-state index contributed by atoms with van der Waals surface area (Å²) in [6.45, 7) is 4.20. The number of unbranched alkanes of at least 4 members (excludes halogenated alkanes) is 3. The number of carbonyl (C=O) groups excluding carboxylic acids is 1. The average molecular weight is 256 g/mol. The van der Waals surface area contributed by atoms with Gasteiger partial charge in [-0.15, -0.1) is 0 Å². The zero-order chi connectivity index (χ0) is 13.2. The van der Waals surface area contributed by atoms with Gasteiger partial charge in [-0.25, -0.2) is 0 Å². The molecule has 3 N–H and O–H groups in total. The number of aliphatic hydroxyl groups is 1. The summed E-state index contributed by atoms with van der Waals surface area (Å²) in [5.41, 5.74) is 0. The van der Waals surface area contributed by atoms with Gasteiger partial charge >= 0.3 is 0 Å². The van der Waals surface area contributed by atoms with E-state index in [9.17, 15) is 4.79 Å². The first-order chi connectivity index (χ1) is 8.77. The standard InChI is InChI=1S/C14H28N2O2/c1-2-12-7-9-15-13(11-12)14(18)16-8-5-3-4-6-10-17/h12-13,15,17H,2-11H2,1H3,(H,16,18). The first kappa shape index (κ1) is 15.4. The highest BCUT2D eigenvalue weighted by atomic mass is 16.2. The lowest BCUT2D eigenvalue weighted by atomic mass is 9.90. The number of aliphatic hydroxyl groups excluding tert-OH is 1. The van der Waals surface area contributed by atoms with E-state index in [0.29, 0.717) is 5.92 Å². The van der Waals surface area contributed by atoms with Crippen LogP contribution >= 0.6 is 0 Å². The van der Waals surface area contributed by atoms with Crippen LogP contribution in [0.5, 0.6) is 0 Å². The summed E-state index contributed by atoms with van der Waals surface area (Å²) in [6, 6.07) is 0.0149. The minimum absolute atomic E-state index is 0.0149. The second-order valence-electron chi connectivity index (χ2n) is 5.23. The predicted molar refractivity (Wildman–Crippen MR) is 73.4 cm³/mol. The van der Waals surface area contributed by atoms with Gasteiger partial charge in [0, 0.05) is 13.2 Å². The van der Waals surface area contributed by atoms with Gasteiger partial charge in [0.05, 0.1) is 6.04 Å². The molecule has 1 heterocycles. The third-order valence-corrected chi connectivity index (χ3v) is 3.79. The lowest BCUT2D eigenvalue weighted by Gasteiger charge is -2.28. The summed E-state index contributed by atoms with van der Waals surface area (Å²) in [6.07, 6.45) is 7.36. The van der Waals surface area contributed by atoms with Crippen LogP contribution in [0.3, 0.4) is 0 Å². The lowest BCUT2D eigenvalue weighted by Crippen LogP contribution is -2.48. The molecule has 1 aliphatic heterocycles. The Morgan fingerprint density at radius 2 is 2.11 bits per heavy atom. The minimum Gasteiger partial charge on any atom is -0.396 e. The molecule has 0 saturated carbocycles. The van der Waals surface area contributed by atoms with Crippen LogP contribution in [0.1, 0.15) is 51.9 Å². The number of rotatable bonds is 8. The SMILES string of the molecule is CCC1CCNC(C(=O)NCCCCCCO)C1. The van der Waals surface area contributed by atoms with E-state index in [1.165, 1.54) is 12.8 Å². The maximum atomic E-state index is 11.9. The molecule has 1 aliphatic rings.